The van der Waals surface area contributed by atoms with Crippen LogP contribution in [0, 0.1) is 0 Å². The van der Waals surface area contributed by atoms with E-state index in [1.807, 2.05) is 0 Å². The van der Waals surface area contributed by atoms with E-state index < -0.39 is 23.5 Å². The normalized spacial score (nSPS) is 12.1. The molecule has 1 atom stereocenters. The Morgan fingerprint density at radius 2 is 2.25 bits per heavy atom. The average molecular weight is 228 g/mol. The number of H-pyrrole nitrogens is 1. The van der Waals surface area contributed by atoms with Gasteiger partial charge in [-0.25, -0.2) is 14.3 Å². The summed E-state index contributed by atoms with van der Waals surface area (Å²) in [5, 5.41) is 11.0. The van der Waals surface area contributed by atoms with E-state index in [0.717, 1.165) is 10.7 Å². The first kappa shape index (κ1) is 12.0. The molecular weight excluding hydrogens is 216 g/mol. The number of carbonyl (C=O) groups is 2. The number of aromatic nitrogens is 2. The van der Waals surface area contributed by atoms with Crippen LogP contribution in [0.15, 0.2) is 10.9 Å². The number of carbonyl (C=O) groups excluding carboxylic acids is 1. The minimum Gasteiger partial charge on any atom is -0.477 e. The maximum absolute atomic E-state index is 11.4. The second kappa shape index (κ2) is 4.65. The number of ether oxygens (including phenoxy) is 1. The molecule has 0 fully saturated rings. The van der Waals surface area contributed by atoms with Gasteiger partial charge in [-0.15, -0.1) is 0 Å². The smallest absolute Gasteiger partial charge is 0.353 e. The number of hydrogen-bond donors (Lipinski definition) is 2. The van der Waals surface area contributed by atoms with Crippen molar-refractivity contribution in [1.82, 2.24) is 9.78 Å². The Morgan fingerprint density at radius 3 is 2.69 bits per heavy atom. The lowest BCUT2D eigenvalue weighted by Crippen LogP contribution is -2.27. The second-order valence-corrected chi connectivity index (χ2v) is 3.11. The molecule has 1 rings (SSSR count). The van der Waals surface area contributed by atoms with E-state index in [2.05, 4.69) is 5.10 Å². The molecule has 0 aromatic carbocycles. The summed E-state index contributed by atoms with van der Waals surface area (Å²) in [5.74, 6) is -1.85. The Balaban J connectivity index is 3.00. The highest BCUT2D eigenvalue weighted by Crippen LogP contribution is 2.04. The highest BCUT2D eigenvalue weighted by atomic mass is 16.5. The van der Waals surface area contributed by atoms with Crippen molar-refractivity contribution >= 4 is 11.9 Å². The zero-order valence-corrected chi connectivity index (χ0v) is 8.89. The van der Waals surface area contributed by atoms with Gasteiger partial charge in [-0.2, -0.15) is 0 Å². The Labute approximate surface area is 90.6 Å². The van der Waals surface area contributed by atoms with E-state index >= 15 is 0 Å². The van der Waals surface area contributed by atoms with Crippen molar-refractivity contribution in [2.45, 2.75) is 19.9 Å². The number of carboxylic acid groups (broad SMARTS) is 1. The van der Waals surface area contributed by atoms with Crippen molar-refractivity contribution in [2.75, 3.05) is 6.61 Å². The number of aromatic amines is 1. The molecule has 0 amide bonds. The Kier molecular flexibility index (Phi) is 3.49. The van der Waals surface area contributed by atoms with E-state index in [4.69, 9.17) is 9.84 Å². The maximum Gasteiger partial charge on any atom is 0.353 e. The summed E-state index contributed by atoms with van der Waals surface area (Å²) in [6.07, 6.45) is 0. The third kappa shape index (κ3) is 2.30. The van der Waals surface area contributed by atoms with Gasteiger partial charge in [0.05, 0.1) is 6.61 Å². The van der Waals surface area contributed by atoms with Gasteiger partial charge >= 0.3 is 11.9 Å². The molecule has 1 heterocycles. The van der Waals surface area contributed by atoms with Crippen LogP contribution in [-0.2, 0) is 9.53 Å². The molecule has 1 unspecified atom stereocenters. The van der Waals surface area contributed by atoms with Gasteiger partial charge in [0, 0.05) is 6.07 Å². The summed E-state index contributed by atoms with van der Waals surface area (Å²) in [6.45, 7) is 3.29. The van der Waals surface area contributed by atoms with Crippen LogP contribution in [0.2, 0.25) is 0 Å². The third-order valence-electron chi connectivity index (χ3n) is 1.99. The van der Waals surface area contributed by atoms with Crippen LogP contribution in [0.4, 0.5) is 0 Å². The quantitative estimate of drug-likeness (QED) is 0.706. The summed E-state index contributed by atoms with van der Waals surface area (Å²) in [6, 6.07) is 0.0403. The number of rotatable bonds is 4. The fourth-order valence-electron chi connectivity index (χ4n) is 1.18. The van der Waals surface area contributed by atoms with E-state index in [1.54, 1.807) is 6.92 Å². The number of nitrogens with one attached hydrogen (secondary N) is 1. The van der Waals surface area contributed by atoms with Gasteiger partial charge in [0.25, 0.3) is 5.56 Å². The molecule has 0 radical (unpaired) electrons. The lowest BCUT2D eigenvalue weighted by molar-refractivity contribution is -0.146. The highest BCUT2D eigenvalue weighted by molar-refractivity contribution is 5.85. The zero-order valence-electron chi connectivity index (χ0n) is 8.89. The van der Waals surface area contributed by atoms with Crippen LogP contribution < -0.4 is 5.56 Å². The third-order valence-corrected chi connectivity index (χ3v) is 1.99. The van der Waals surface area contributed by atoms with Crippen LogP contribution in [0.1, 0.15) is 30.4 Å². The molecule has 0 bridgehead atoms. The van der Waals surface area contributed by atoms with E-state index in [0.29, 0.717) is 0 Å². The molecule has 0 saturated carbocycles. The Bertz CT molecular complexity index is 459. The summed E-state index contributed by atoms with van der Waals surface area (Å²) in [5.41, 5.74) is -0.848. The molecule has 0 aliphatic carbocycles. The molecule has 0 spiro atoms. The van der Waals surface area contributed by atoms with Crippen LogP contribution in [0.25, 0.3) is 0 Å². The first-order chi connectivity index (χ1) is 7.47. The van der Waals surface area contributed by atoms with E-state index in [1.165, 1.54) is 6.92 Å². The number of nitrogens with zero attached hydrogens (tertiary/aromatic N) is 1. The lowest BCUT2D eigenvalue weighted by atomic mass is 10.3. The topological polar surface area (TPSA) is 101 Å². The number of carboxylic acids is 1. The molecule has 16 heavy (non-hydrogen) atoms. The summed E-state index contributed by atoms with van der Waals surface area (Å²) in [7, 11) is 0. The van der Waals surface area contributed by atoms with Crippen LogP contribution in [0.3, 0.4) is 0 Å². The van der Waals surface area contributed by atoms with Crippen molar-refractivity contribution in [2.24, 2.45) is 0 Å². The minimum absolute atomic E-state index is 0.199. The molecule has 0 aliphatic heterocycles. The predicted molar refractivity (Wildman–Crippen MR) is 53.4 cm³/mol. The number of hydrogen-bond acceptors (Lipinski definition) is 4. The van der Waals surface area contributed by atoms with E-state index in [9.17, 15) is 14.4 Å². The molecular formula is C9H12N2O5. The summed E-state index contributed by atoms with van der Waals surface area (Å²) in [4.78, 5) is 33.3. The van der Waals surface area contributed by atoms with Crippen LogP contribution >= 0.6 is 0 Å². The Hall–Kier alpha value is -2.05. The fourth-order valence-corrected chi connectivity index (χ4v) is 1.18. The molecule has 7 heteroatoms. The SMILES string of the molecule is CCOC(=O)C(C)n1[nH]c(C(=O)O)cc1=O. The largest absolute Gasteiger partial charge is 0.477 e. The van der Waals surface area contributed by atoms with Gasteiger partial charge < -0.3 is 9.84 Å². The monoisotopic (exact) mass is 228 g/mol. The maximum atomic E-state index is 11.4. The molecule has 0 saturated heterocycles. The minimum atomic E-state index is -1.26. The van der Waals surface area contributed by atoms with Crippen molar-refractivity contribution in [3.8, 4) is 0 Å². The average Bonchev–Trinajstić information content (AvgIpc) is 2.60. The van der Waals surface area contributed by atoms with Gasteiger partial charge in [-0.05, 0) is 13.8 Å². The van der Waals surface area contributed by atoms with Crippen molar-refractivity contribution < 1.29 is 19.4 Å². The van der Waals surface area contributed by atoms with Gasteiger partial charge in [0.2, 0.25) is 0 Å². The predicted octanol–water partition coefficient (Wildman–Crippen LogP) is -0.00130. The molecule has 1 aromatic rings. The van der Waals surface area contributed by atoms with Crippen molar-refractivity contribution in [1.29, 1.82) is 0 Å². The highest BCUT2D eigenvalue weighted by Gasteiger charge is 2.20. The molecule has 2 N–H and O–H groups in total. The standard InChI is InChI=1S/C9H12N2O5/c1-3-16-9(15)5(2)11-7(12)4-6(10-11)8(13)14/h4-5,10H,3H2,1-2H3,(H,13,14). The van der Waals surface area contributed by atoms with Gasteiger partial charge in [0.15, 0.2) is 0 Å². The number of aromatic carboxylic acids is 1. The first-order valence-electron chi connectivity index (χ1n) is 4.68. The second-order valence-electron chi connectivity index (χ2n) is 3.11. The fraction of sp³-hybridized carbons (Fsp3) is 0.444. The van der Waals surface area contributed by atoms with Crippen molar-refractivity contribution in [3.05, 3.63) is 22.1 Å². The van der Waals surface area contributed by atoms with E-state index in [-0.39, 0.29) is 12.3 Å². The first-order valence-corrected chi connectivity index (χ1v) is 4.68. The molecule has 88 valence electrons. The molecule has 0 aliphatic rings. The van der Waals surface area contributed by atoms with Gasteiger partial charge in [-0.1, -0.05) is 0 Å². The van der Waals surface area contributed by atoms with Crippen molar-refractivity contribution in [3.63, 3.8) is 0 Å². The lowest BCUT2D eigenvalue weighted by Gasteiger charge is -2.10. The Morgan fingerprint density at radius 1 is 1.62 bits per heavy atom. The summed E-state index contributed by atoms with van der Waals surface area (Å²) >= 11 is 0. The zero-order chi connectivity index (χ0) is 12.3. The summed E-state index contributed by atoms with van der Waals surface area (Å²) < 4.78 is 5.63. The van der Waals surface area contributed by atoms with Gasteiger partial charge in [-0.3, -0.25) is 9.89 Å². The van der Waals surface area contributed by atoms with Crippen LogP contribution in [-0.4, -0.2) is 33.4 Å². The molecule has 7 nitrogen and oxygen atoms in total. The number of esters is 1. The molecule has 1 aromatic heterocycles. The van der Waals surface area contributed by atoms with Gasteiger partial charge in [0.1, 0.15) is 11.7 Å². The van der Waals surface area contributed by atoms with Crippen LogP contribution in [0.5, 0.6) is 0 Å².